The van der Waals surface area contributed by atoms with Gasteiger partial charge in [-0.05, 0) is 50.0 Å². The lowest BCUT2D eigenvalue weighted by Crippen LogP contribution is -2.47. The molecule has 2 aliphatic heterocycles. The number of hydrogen-bond acceptors (Lipinski definition) is 4. The van der Waals surface area contributed by atoms with E-state index in [9.17, 15) is 4.79 Å². The maximum Gasteiger partial charge on any atom is 0.320 e. The van der Waals surface area contributed by atoms with Crippen LogP contribution in [0.3, 0.4) is 0 Å². The topological polar surface area (TPSA) is 58.6 Å². The molecule has 6 heteroatoms. The molecule has 0 aromatic carbocycles. The number of ether oxygens (including phenoxy) is 1. The minimum atomic E-state index is 0.273. The number of hydrogen-bond donors (Lipinski definition) is 0. The van der Waals surface area contributed by atoms with Crippen LogP contribution in [0.4, 0.5) is 4.79 Å². The molecule has 4 fully saturated rings. The largest absolute Gasteiger partial charge is 0.381 e. The molecule has 0 bridgehead atoms. The molecule has 25 heavy (non-hydrogen) atoms. The van der Waals surface area contributed by atoms with Gasteiger partial charge in [0, 0.05) is 44.1 Å². The highest BCUT2D eigenvalue weighted by Gasteiger charge is 2.55. The van der Waals surface area contributed by atoms with E-state index >= 15 is 0 Å². The third-order valence-electron chi connectivity index (χ3n) is 6.51. The molecule has 2 amide bonds. The van der Waals surface area contributed by atoms with Crippen molar-refractivity contribution < 1.29 is 9.53 Å². The minimum Gasteiger partial charge on any atom is -0.381 e. The predicted octanol–water partition coefficient (Wildman–Crippen LogP) is 2.42. The fourth-order valence-electron chi connectivity index (χ4n) is 5.12. The molecule has 2 saturated carbocycles. The standard InChI is InChI=1S/C19H26N4O2/c24-19-22(11-13-1-2-13)17-4-3-16(14-9-20-12-21-10-14)18(17)23(19)15-5-7-25-8-6-15/h9-10,12-13,15-18H,1-8,11H2/t16-,17-,18+/m0/s1. The highest BCUT2D eigenvalue weighted by Crippen LogP contribution is 2.47. The molecule has 2 aliphatic carbocycles. The third kappa shape index (κ3) is 2.71. The minimum absolute atomic E-state index is 0.273. The number of nitrogens with zero attached hydrogens (tertiary/aromatic N) is 4. The lowest BCUT2D eigenvalue weighted by atomic mass is 9.93. The van der Waals surface area contributed by atoms with E-state index in [0.717, 1.165) is 51.4 Å². The van der Waals surface area contributed by atoms with E-state index in [2.05, 4.69) is 19.8 Å². The van der Waals surface area contributed by atoms with Crippen molar-refractivity contribution in [1.29, 1.82) is 0 Å². The Hall–Kier alpha value is -1.69. The van der Waals surface area contributed by atoms with Crippen LogP contribution in [0.5, 0.6) is 0 Å². The van der Waals surface area contributed by atoms with Gasteiger partial charge in [0.25, 0.3) is 0 Å². The van der Waals surface area contributed by atoms with Gasteiger partial charge in [0.15, 0.2) is 0 Å². The highest BCUT2D eigenvalue weighted by molar-refractivity contribution is 5.79. The smallest absolute Gasteiger partial charge is 0.320 e. The van der Waals surface area contributed by atoms with Gasteiger partial charge in [0.1, 0.15) is 6.33 Å². The summed E-state index contributed by atoms with van der Waals surface area (Å²) in [6.07, 6.45) is 12.2. The first-order valence-electron chi connectivity index (χ1n) is 9.74. The molecule has 134 valence electrons. The van der Waals surface area contributed by atoms with Crippen molar-refractivity contribution in [2.75, 3.05) is 19.8 Å². The molecule has 1 aromatic rings. The molecule has 0 spiro atoms. The van der Waals surface area contributed by atoms with Crippen LogP contribution >= 0.6 is 0 Å². The zero-order chi connectivity index (χ0) is 16.8. The van der Waals surface area contributed by atoms with Gasteiger partial charge < -0.3 is 14.5 Å². The Morgan fingerprint density at radius 3 is 2.52 bits per heavy atom. The summed E-state index contributed by atoms with van der Waals surface area (Å²) >= 11 is 0. The Morgan fingerprint density at radius 1 is 1.04 bits per heavy atom. The van der Waals surface area contributed by atoms with Gasteiger partial charge in [0.05, 0.1) is 12.1 Å². The third-order valence-corrected chi connectivity index (χ3v) is 6.51. The fraction of sp³-hybridized carbons (Fsp3) is 0.737. The first-order valence-corrected chi connectivity index (χ1v) is 9.74. The summed E-state index contributed by atoms with van der Waals surface area (Å²) in [6, 6.07) is 1.24. The molecule has 0 radical (unpaired) electrons. The summed E-state index contributed by atoms with van der Waals surface area (Å²) in [6.45, 7) is 2.50. The van der Waals surface area contributed by atoms with E-state index in [0.29, 0.717) is 18.0 Å². The van der Waals surface area contributed by atoms with Crippen molar-refractivity contribution >= 4 is 6.03 Å². The zero-order valence-electron chi connectivity index (χ0n) is 14.6. The maximum atomic E-state index is 13.3. The van der Waals surface area contributed by atoms with Crippen molar-refractivity contribution in [1.82, 2.24) is 19.8 Å². The number of carbonyl (C=O) groups is 1. The summed E-state index contributed by atoms with van der Waals surface area (Å²) < 4.78 is 5.55. The average Bonchev–Trinajstić information content (AvgIpc) is 3.32. The fourth-order valence-corrected chi connectivity index (χ4v) is 5.12. The van der Waals surface area contributed by atoms with E-state index in [-0.39, 0.29) is 12.1 Å². The van der Waals surface area contributed by atoms with Crippen LogP contribution in [-0.4, -0.2) is 63.7 Å². The van der Waals surface area contributed by atoms with Crippen molar-refractivity contribution in [2.24, 2.45) is 5.92 Å². The molecule has 0 N–H and O–H groups in total. The average molecular weight is 342 g/mol. The molecular weight excluding hydrogens is 316 g/mol. The lowest BCUT2D eigenvalue weighted by molar-refractivity contribution is 0.0389. The maximum absolute atomic E-state index is 13.3. The van der Waals surface area contributed by atoms with Crippen LogP contribution in [0.25, 0.3) is 0 Å². The van der Waals surface area contributed by atoms with Crippen molar-refractivity contribution in [3.05, 3.63) is 24.3 Å². The van der Waals surface area contributed by atoms with E-state index in [1.165, 1.54) is 18.4 Å². The predicted molar refractivity (Wildman–Crippen MR) is 92.1 cm³/mol. The molecule has 4 aliphatic rings. The van der Waals surface area contributed by atoms with Crippen molar-refractivity contribution in [3.63, 3.8) is 0 Å². The van der Waals surface area contributed by atoms with Crippen molar-refractivity contribution in [3.8, 4) is 0 Å². The van der Waals surface area contributed by atoms with E-state index in [1.807, 2.05) is 12.4 Å². The summed E-state index contributed by atoms with van der Waals surface area (Å²) in [7, 11) is 0. The Labute approximate surface area is 148 Å². The summed E-state index contributed by atoms with van der Waals surface area (Å²) in [5, 5.41) is 0. The van der Waals surface area contributed by atoms with E-state index in [1.54, 1.807) is 6.33 Å². The first-order chi connectivity index (χ1) is 12.3. The van der Waals surface area contributed by atoms with Crippen LogP contribution in [0, 0.1) is 5.92 Å². The van der Waals surface area contributed by atoms with Gasteiger partial charge >= 0.3 is 6.03 Å². The van der Waals surface area contributed by atoms with Gasteiger partial charge in [-0.2, -0.15) is 0 Å². The van der Waals surface area contributed by atoms with E-state index < -0.39 is 0 Å². The van der Waals surface area contributed by atoms with Crippen molar-refractivity contribution in [2.45, 2.75) is 62.6 Å². The van der Waals surface area contributed by atoms with Crippen LogP contribution in [0.2, 0.25) is 0 Å². The van der Waals surface area contributed by atoms with Gasteiger partial charge in [0.2, 0.25) is 0 Å². The quantitative estimate of drug-likeness (QED) is 0.843. The highest BCUT2D eigenvalue weighted by atomic mass is 16.5. The molecule has 6 nitrogen and oxygen atoms in total. The Balaban J connectivity index is 1.47. The first kappa shape index (κ1) is 15.6. The van der Waals surface area contributed by atoms with Gasteiger partial charge in [-0.15, -0.1) is 0 Å². The lowest BCUT2D eigenvalue weighted by Gasteiger charge is -2.36. The second-order valence-electron chi connectivity index (χ2n) is 8.04. The van der Waals surface area contributed by atoms with Crippen LogP contribution in [0.1, 0.15) is 50.0 Å². The number of fused-ring (bicyclic) bond motifs is 1. The number of rotatable bonds is 4. The Bertz CT molecular complexity index is 630. The molecule has 2 saturated heterocycles. The SMILES string of the molecule is O=C1N(CC2CC2)[C@H]2CC[C@@H](c3cncnc3)[C@H]2N1C1CCOCC1. The van der Waals surface area contributed by atoms with Crippen LogP contribution in [0.15, 0.2) is 18.7 Å². The van der Waals surface area contributed by atoms with Crippen LogP contribution < -0.4 is 0 Å². The van der Waals surface area contributed by atoms with Crippen LogP contribution in [-0.2, 0) is 4.74 Å². The van der Waals surface area contributed by atoms with Gasteiger partial charge in [-0.25, -0.2) is 14.8 Å². The van der Waals surface area contributed by atoms with E-state index in [4.69, 9.17) is 4.74 Å². The van der Waals surface area contributed by atoms with Gasteiger partial charge in [-0.1, -0.05) is 0 Å². The molecule has 3 heterocycles. The zero-order valence-corrected chi connectivity index (χ0v) is 14.6. The second kappa shape index (κ2) is 6.24. The Morgan fingerprint density at radius 2 is 1.80 bits per heavy atom. The number of amides is 2. The molecule has 1 aromatic heterocycles. The summed E-state index contributed by atoms with van der Waals surface area (Å²) in [5.74, 6) is 1.10. The number of urea groups is 1. The molecule has 3 atom stereocenters. The normalized spacial score (nSPS) is 33.1. The summed E-state index contributed by atoms with van der Waals surface area (Å²) in [4.78, 5) is 26.2. The molecular formula is C19H26N4O2. The molecule has 0 unspecified atom stereocenters. The number of carbonyl (C=O) groups excluding carboxylic acids is 1. The van der Waals surface area contributed by atoms with Gasteiger partial charge in [-0.3, -0.25) is 0 Å². The monoisotopic (exact) mass is 342 g/mol. The molecule has 5 rings (SSSR count). The summed E-state index contributed by atoms with van der Waals surface area (Å²) in [5.41, 5.74) is 1.19. The number of aromatic nitrogens is 2. The Kier molecular flexibility index (Phi) is 3.88. The second-order valence-corrected chi connectivity index (χ2v) is 8.04.